The number of benzene rings is 1. The van der Waals surface area contributed by atoms with Gasteiger partial charge in [-0.2, -0.15) is 0 Å². The maximum Gasteiger partial charge on any atom is 0.227 e. The Morgan fingerprint density at radius 1 is 1.38 bits per heavy atom. The van der Waals surface area contributed by atoms with Crippen LogP contribution in [0.5, 0.6) is 0 Å². The van der Waals surface area contributed by atoms with Crippen molar-refractivity contribution in [2.75, 3.05) is 19.8 Å². The largest absolute Gasteiger partial charge is 0.390 e. The molecule has 1 fully saturated rings. The van der Waals surface area contributed by atoms with Crippen LogP contribution in [0.4, 0.5) is 0 Å². The average Bonchev–Trinajstić information content (AvgIpc) is 3.05. The standard InChI is InChI=1S/C16H22N2O3/c1-2-17-13-9-21-8-12(13)16(20)18-15-11-6-4-3-5-10(11)7-14(15)19/h3-6,12-15,17,19H,2,7-9H2,1H3,(H,18,20)/t12?,13?,14-,15+/m1/s1. The van der Waals surface area contributed by atoms with Crippen molar-refractivity contribution < 1.29 is 14.6 Å². The zero-order chi connectivity index (χ0) is 14.8. The lowest BCUT2D eigenvalue weighted by Gasteiger charge is -2.23. The predicted octanol–water partition coefficient (Wildman–Crippen LogP) is 0.385. The van der Waals surface area contributed by atoms with E-state index in [1.807, 2.05) is 31.2 Å². The van der Waals surface area contributed by atoms with Gasteiger partial charge in [0.2, 0.25) is 5.91 Å². The zero-order valence-electron chi connectivity index (χ0n) is 12.2. The summed E-state index contributed by atoms with van der Waals surface area (Å²) in [5.41, 5.74) is 2.14. The highest BCUT2D eigenvalue weighted by Gasteiger charge is 2.37. The van der Waals surface area contributed by atoms with E-state index >= 15 is 0 Å². The number of hydrogen-bond acceptors (Lipinski definition) is 4. The van der Waals surface area contributed by atoms with Crippen molar-refractivity contribution in [1.29, 1.82) is 0 Å². The molecule has 0 aromatic heterocycles. The summed E-state index contributed by atoms with van der Waals surface area (Å²) in [6.45, 7) is 3.83. The summed E-state index contributed by atoms with van der Waals surface area (Å²) in [7, 11) is 0. The SMILES string of the molecule is CCNC1COCC1C(=O)N[C@H]1c2ccccc2C[C@H]1O. The number of aliphatic hydroxyl groups excluding tert-OH is 1. The minimum atomic E-state index is -0.550. The topological polar surface area (TPSA) is 70.6 Å². The van der Waals surface area contributed by atoms with Crippen molar-refractivity contribution in [1.82, 2.24) is 10.6 Å². The van der Waals surface area contributed by atoms with E-state index < -0.39 is 6.10 Å². The molecule has 1 aliphatic carbocycles. The third-order valence-electron chi connectivity index (χ3n) is 4.39. The molecule has 4 atom stereocenters. The zero-order valence-corrected chi connectivity index (χ0v) is 12.2. The van der Waals surface area contributed by atoms with Gasteiger partial charge in [-0.15, -0.1) is 0 Å². The summed E-state index contributed by atoms with van der Waals surface area (Å²) in [4.78, 5) is 12.5. The molecule has 0 radical (unpaired) electrons. The van der Waals surface area contributed by atoms with Gasteiger partial charge in [0.25, 0.3) is 0 Å². The summed E-state index contributed by atoms with van der Waals surface area (Å²) in [5.74, 6) is -0.232. The highest BCUT2D eigenvalue weighted by Crippen LogP contribution is 2.31. The lowest BCUT2D eigenvalue weighted by Crippen LogP contribution is -2.46. The lowest BCUT2D eigenvalue weighted by atomic mass is 10.0. The first-order valence-electron chi connectivity index (χ1n) is 7.58. The van der Waals surface area contributed by atoms with E-state index in [2.05, 4.69) is 10.6 Å². The Hall–Kier alpha value is -1.43. The van der Waals surface area contributed by atoms with E-state index in [0.29, 0.717) is 19.6 Å². The Morgan fingerprint density at radius 2 is 2.19 bits per heavy atom. The number of carbonyl (C=O) groups is 1. The van der Waals surface area contributed by atoms with E-state index in [4.69, 9.17) is 4.74 Å². The third kappa shape index (κ3) is 2.81. The summed E-state index contributed by atoms with van der Waals surface area (Å²) < 4.78 is 5.42. The molecule has 3 N–H and O–H groups in total. The van der Waals surface area contributed by atoms with Crippen molar-refractivity contribution in [2.45, 2.75) is 31.5 Å². The molecular weight excluding hydrogens is 268 g/mol. The van der Waals surface area contributed by atoms with Gasteiger partial charge in [0.05, 0.1) is 31.3 Å². The maximum absolute atomic E-state index is 12.5. The van der Waals surface area contributed by atoms with Gasteiger partial charge >= 0.3 is 0 Å². The van der Waals surface area contributed by atoms with Crippen LogP contribution in [0.15, 0.2) is 24.3 Å². The summed E-state index contributed by atoms with van der Waals surface area (Å²) in [5, 5.41) is 16.5. The second kappa shape index (κ2) is 6.13. The van der Waals surface area contributed by atoms with Gasteiger partial charge in [-0.3, -0.25) is 4.79 Å². The molecule has 3 rings (SSSR count). The highest BCUT2D eigenvalue weighted by atomic mass is 16.5. The first-order chi connectivity index (χ1) is 10.2. The lowest BCUT2D eigenvalue weighted by molar-refractivity contribution is -0.127. The van der Waals surface area contributed by atoms with Gasteiger partial charge in [-0.05, 0) is 17.7 Å². The number of carbonyl (C=O) groups excluding carboxylic acids is 1. The van der Waals surface area contributed by atoms with Crippen molar-refractivity contribution >= 4 is 5.91 Å². The molecule has 0 bridgehead atoms. The summed E-state index contributed by atoms with van der Waals surface area (Å²) >= 11 is 0. The molecule has 1 aromatic rings. The number of nitrogens with one attached hydrogen (secondary N) is 2. The fraction of sp³-hybridized carbons (Fsp3) is 0.562. The minimum absolute atomic E-state index is 0.0424. The fourth-order valence-electron chi connectivity index (χ4n) is 3.28. The highest BCUT2D eigenvalue weighted by molar-refractivity contribution is 5.80. The van der Waals surface area contributed by atoms with E-state index in [9.17, 15) is 9.90 Å². The second-order valence-electron chi connectivity index (χ2n) is 5.76. The van der Waals surface area contributed by atoms with Gasteiger partial charge in [0.1, 0.15) is 0 Å². The van der Waals surface area contributed by atoms with Crippen LogP contribution >= 0.6 is 0 Å². The molecule has 1 aliphatic heterocycles. The number of amides is 1. The number of likely N-dealkylation sites (N-methyl/N-ethyl adjacent to an activating group) is 1. The molecule has 5 nitrogen and oxygen atoms in total. The first-order valence-corrected chi connectivity index (χ1v) is 7.58. The number of aliphatic hydroxyl groups is 1. The van der Waals surface area contributed by atoms with E-state index in [1.165, 1.54) is 0 Å². The molecule has 0 spiro atoms. The fourth-order valence-corrected chi connectivity index (χ4v) is 3.28. The van der Waals surface area contributed by atoms with Gasteiger partial charge in [0, 0.05) is 12.5 Å². The van der Waals surface area contributed by atoms with Crippen LogP contribution in [0.3, 0.4) is 0 Å². The smallest absolute Gasteiger partial charge is 0.227 e. The molecule has 5 heteroatoms. The van der Waals surface area contributed by atoms with E-state index in [0.717, 1.165) is 17.7 Å². The van der Waals surface area contributed by atoms with Gasteiger partial charge in [-0.25, -0.2) is 0 Å². The third-order valence-corrected chi connectivity index (χ3v) is 4.39. The second-order valence-corrected chi connectivity index (χ2v) is 5.76. The van der Waals surface area contributed by atoms with Crippen LogP contribution < -0.4 is 10.6 Å². The van der Waals surface area contributed by atoms with Crippen molar-refractivity contribution in [3.8, 4) is 0 Å². The molecule has 1 amide bonds. The Morgan fingerprint density at radius 3 is 3.00 bits per heavy atom. The normalized spacial score (nSPS) is 31.1. The molecule has 21 heavy (non-hydrogen) atoms. The number of hydrogen-bond donors (Lipinski definition) is 3. The molecule has 1 heterocycles. The first kappa shape index (κ1) is 14.5. The van der Waals surface area contributed by atoms with Gasteiger partial charge in [-0.1, -0.05) is 31.2 Å². The molecule has 2 aliphatic rings. The molecule has 0 saturated carbocycles. The Balaban J connectivity index is 1.70. The average molecular weight is 290 g/mol. The summed E-state index contributed by atoms with van der Waals surface area (Å²) in [6.07, 6.45) is 0.0464. The molecular formula is C16H22N2O3. The molecule has 1 saturated heterocycles. The van der Waals surface area contributed by atoms with Crippen LogP contribution in [0, 0.1) is 5.92 Å². The van der Waals surface area contributed by atoms with E-state index in [1.54, 1.807) is 0 Å². The number of ether oxygens (including phenoxy) is 1. The van der Waals surface area contributed by atoms with Crippen LogP contribution in [0.2, 0.25) is 0 Å². The number of rotatable bonds is 4. The summed E-state index contributed by atoms with van der Waals surface area (Å²) in [6, 6.07) is 7.63. The van der Waals surface area contributed by atoms with Gasteiger partial charge in [0.15, 0.2) is 0 Å². The predicted molar refractivity (Wildman–Crippen MR) is 78.8 cm³/mol. The van der Waals surface area contributed by atoms with Crippen LogP contribution in [-0.4, -0.2) is 42.9 Å². The monoisotopic (exact) mass is 290 g/mol. The molecule has 114 valence electrons. The quantitative estimate of drug-likeness (QED) is 0.750. The van der Waals surface area contributed by atoms with Crippen molar-refractivity contribution in [3.63, 3.8) is 0 Å². The molecule has 2 unspecified atom stereocenters. The number of fused-ring (bicyclic) bond motifs is 1. The Kier molecular flexibility index (Phi) is 4.24. The maximum atomic E-state index is 12.5. The Bertz CT molecular complexity index is 520. The van der Waals surface area contributed by atoms with Gasteiger partial charge < -0.3 is 20.5 Å². The van der Waals surface area contributed by atoms with Crippen LogP contribution in [-0.2, 0) is 16.0 Å². The van der Waals surface area contributed by atoms with E-state index in [-0.39, 0.29) is 23.9 Å². The van der Waals surface area contributed by atoms with Crippen LogP contribution in [0.25, 0.3) is 0 Å². The van der Waals surface area contributed by atoms with Crippen LogP contribution in [0.1, 0.15) is 24.1 Å². The minimum Gasteiger partial charge on any atom is -0.390 e. The van der Waals surface area contributed by atoms with Crippen molar-refractivity contribution in [3.05, 3.63) is 35.4 Å². The van der Waals surface area contributed by atoms with Crippen molar-refractivity contribution in [2.24, 2.45) is 5.92 Å². The Labute approximate surface area is 124 Å². The molecule has 1 aromatic carbocycles.